The molecule has 0 fully saturated rings. The monoisotopic (exact) mass is 213 g/mol. The van der Waals surface area contributed by atoms with Crippen molar-refractivity contribution in [3.8, 4) is 0 Å². The average molecular weight is 213 g/mol. The van der Waals surface area contributed by atoms with Crippen LogP contribution >= 0.6 is 0 Å². The second kappa shape index (κ2) is 15.9. The van der Waals surface area contributed by atoms with Gasteiger partial charge in [0.05, 0.1) is 0 Å². The van der Waals surface area contributed by atoms with E-state index in [1.165, 1.54) is 5.57 Å². The van der Waals surface area contributed by atoms with Crippen LogP contribution in [-0.2, 0) is 0 Å². The van der Waals surface area contributed by atoms with Gasteiger partial charge in [0.15, 0.2) is 0 Å². The molecule has 15 heavy (non-hydrogen) atoms. The van der Waals surface area contributed by atoms with Crippen LogP contribution in [0, 0.1) is 5.92 Å². The molecule has 2 unspecified atom stereocenters. The highest BCUT2D eigenvalue weighted by Crippen LogP contribution is 2.14. The average Bonchev–Trinajstić information content (AvgIpc) is 2.30. The highest BCUT2D eigenvalue weighted by molar-refractivity contribution is 5.21. The van der Waals surface area contributed by atoms with Gasteiger partial charge in [0.2, 0.25) is 0 Å². The molecular weight excluding hydrogens is 182 g/mol. The van der Waals surface area contributed by atoms with Gasteiger partial charge < -0.3 is 5.73 Å². The highest BCUT2D eigenvalue weighted by atomic mass is 14.6. The van der Waals surface area contributed by atoms with Crippen molar-refractivity contribution in [1.29, 1.82) is 0 Å². The van der Waals surface area contributed by atoms with Crippen molar-refractivity contribution in [3.63, 3.8) is 0 Å². The normalized spacial score (nSPS) is 14.6. The fraction of sp³-hybridized carbons (Fsp3) is 0.714. The fourth-order valence-electron chi connectivity index (χ4n) is 1.01. The predicted molar refractivity (Wildman–Crippen MR) is 74.1 cm³/mol. The maximum atomic E-state index is 5.77. The van der Waals surface area contributed by atoms with Crippen LogP contribution in [0.3, 0.4) is 0 Å². The third-order valence-corrected chi connectivity index (χ3v) is 2.01. The summed E-state index contributed by atoms with van der Waals surface area (Å²) in [6.45, 7) is 16.3. The zero-order chi connectivity index (χ0) is 12.9. The molecule has 0 saturated heterocycles. The largest absolute Gasteiger partial charge is 0.327 e. The van der Waals surface area contributed by atoms with Crippen molar-refractivity contribution in [3.05, 3.63) is 23.8 Å². The van der Waals surface area contributed by atoms with E-state index in [0.29, 0.717) is 5.92 Å². The van der Waals surface area contributed by atoms with Crippen LogP contribution in [0.2, 0.25) is 0 Å². The highest BCUT2D eigenvalue weighted by Gasteiger charge is 2.08. The molecule has 0 rings (SSSR count). The maximum Gasteiger partial charge on any atom is 0.00765 e. The topological polar surface area (TPSA) is 26.0 Å². The SMILES string of the molecule is C/C=C\C(=C/C)C(C)C(C)N.CC.CC. The summed E-state index contributed by atoms with van der Waals surface area (Å²) >= 11 is 0. The summed E-state index contributed by atoms with van der Waals surface area (Å²) in [6.07, 6.45) is 6.29. The lowest BCUT2D eigenvalue weighted by Gasteiger charge is -2.16. The molecule has 0 heterocycles. The van der Waals surface area contributed by atoms with Gasteiger partial charge in [0.1, 0.15) is 0 Å². The number of hydrogen-bond acceptors (Lipinski definition) is 1. The van der Waals surface area contributed by atoms with E-state index in [1.54, 1.807) is 0 Å². The van der Waals surface area contributed by atoms with E-state index in [4.69, 9.17) is 5.73 Å². The summed E-state index contributed by atoms with van der Waals surface area (Å²) in [4.78, 5) is 0. The minimum absolute atomic E-state index is 0.234. The molecule has 0 saturated carbocycles. The fourth-order valence-corrected chi connectivity index (χ4v) is 1.01. The van der Waals surface area contributed by atoms with E-state index in [-0.39, 0.29) is 6.04 Å². The van der Waals surface area contributed by atoms with Crippen LogP contribution in [0.5, 0.6) is 0 Å². The van der Waals surface area contributed by atoms with Gasteiger partial charge in [-0.2, -0.15) is 0 Å². The third kappa shape index (κ3) is 11.4. The van der Waals surface area contributed by atoms with Gasteiger partial charge in [-0.25, -0.2) is 0 Å². The van der Waals surface area contributed by atoms with Crippen molar-refractivity contribution in [1.82, 2.24) is 0 Å². The lowest BCUT2D eigenvalue weighted by molar-refractivity contribution is 0.562. The number of nitrogens with two attached hydrogens (primary N) is 1. The molecule has 0 amide bonds. The van der Waals surface area contributed by atoms with Crippen LogP contribution < -0.4 is 5.73 Å². The van der Waals surface area contributed by atoms with Gasteiger partial charge in [-0.05, 0) is 32.3 Å². The molecule has 0 bridgehead atoms. The van der Waals surface area contributed by atoms with Gasteiger partial charge in [-0.15, -0.1) is 0 Å². The van der Waals surface area contributed by atoms with Gasteiger partial charge in [0.25, 0.3) is 0 Å². The van der Waals surface area contributed by atoms with Crippen molar-refractivity contribution in [2.24, 2.45) is 11.7 Å². The maximum absolute atomic E-state index is 5.77. The Labute approximate surface area is 97.5 Å². The van der Waals surface area contributed by atoms with Crippen molar-refractivity contribution in [2.75, 3.05) is 0 Å². The summed E-state index contributed by atoms with van der Waals surface area (Å²) in [5, 5.41) is 0. The minimum atomic E-state index is 0.234. The van der Waals surface area contributed by atoms with E-state index < -0.39 is 0 Å². The molecule has 92 valence electrons. The molecule has 0 aromatic carbocycles. The Morgan fingerprint density at radius 3 is 1.60 bits per heavy atom. The Bertz CT molecular complexity index is 155. The van der Waals surface area contributed by atoms with E-state index in [9.17, 15) is 0 Å². The van der Waals surface area contributed by atoms with E-state index in [0.717, 1.165) is 0 Å². The molecule has 2 N–H and O–H groups in total. The minimum Gasteiger partial charge on any atom is -0.327 e. The molecule has 2 atom stereocenters. The second-order valence-electron chi connectivity index (χ2n) is 2.94. The van der Waals surface area contributed by atoms with Crippen LogP contribution in [0.25, 0.3) is 0 Å². The summed E-state index contributed by atoms with van der Waals surface area (Å²) in [5.41, 5.74) is 7.09. The third-order valence-electron chi connectivity index (χ3n) is 2.01. The Balaban J connectivity index is -0.000000318. The molecule has 0 aliphatic heterocycles. The van der Waals surface area contributed by atoms with Crippen LogP contribution in [0.15, 0.2) is 23.8 Å². The first-order valence-corrected chi connectivity index (χ1v) is 6.18. The standard InChI is InChI=1S/C10H19N.2C2H6/c1-5-7-10(6-2)8(3)9(4)11;2*1-2/h5-9H,11H2,1-4H3;2*1-2H3/b7-5-,10-6+;;. The number of rotatable bonds is 3. The number of hydrogen-bond donors (Lipinski definition) is 1. The molecule has 0 aliphatic carbocycles. The molecule has 0 spiro atoms. The number of allylic oxidation sites excluding steroid dienone is 3. The Hall–Kier alpha value is -0.560. The quantitative estimate of drug-likeness (QED) is 0.684. The molecule has 0 aliphatic rings. The zero-order valence-electron chi connectivity index (χ0n) is 12.0. The first-order valence-electron chi connectivity index (χ1n) is 6.18. The van der Waals surface area contributed by atoms with Crippen molar-refractivity contribution < 1.29 is 0 Å². The first kappa shape index (κ1) is 19.9. The summed E-state index contributed by atoms with van der Waals surface area (Å²) in [7, 11) is 0. The smallest absolute Gasteiger partial charge is 0.00765 e. The van der Waals surface area contributed by atoms with E-state index >= 15 is 0 Å². The molecule has 0 radical (unpaired) electrons. The Morgan fingerprint density at radius 2 is 1.40 bits per heavy atom. The van der Waals surface area contributed by atoms with E-state index in [1.807, 2.05) is 54.5 Å². The molecule has 0 aromatic rings. The van der Waals surface area contributed by atoms with Gasteiger partial charge in [-0.1, -0.05) is 52.8 Å². The van der Waals surface area contributed by atoms with Crippen LogP contribution in [0.4, 0.5) is 0 Å². The Morgan fingerprint density at radius 1 is 1.00 bits per heavy atom. The van der Waals surface area contributed by atoms with Crippen molar-refractivity contribution >= 4 is 0 Å². The Kier molecular flexibility index (Phi) is 21.1. The lowest BCUT2D eigenvalue weighted by Crippen LogP contribution is -2.25. The lowest BCUT2D eigenvalue weighted by atomic mass is 9.94. The molecule has 1 nitrogen and oxygen atoms in total. The van der Waals surface area contributed by atoms with Gasteiger partial charge in [0, 0.05) is 6.04 Å². The molecular formula is C14H31N. The summed E-state index contributed by atoms with van der Waals surface area (Å²) in [6, 6.07) is 0.234. The molecule has 1 heteroatoms. The van der Waals surface area contributed by atoms with E-state index in [2.05, 4.69) is 19.1 Å². The van der Waals surface area contributed by atoms with Gasteiger partial charge >= 0.3 is 0 Å². The van der Waals surface area contributed by atoms with Crippen molar-refractivity contribution in [2.45, 2.75) is 61.4 Å². The first-order chi connectivity index (χ1) is 7.13. The zero-order valence-corrected chi connectivity index (χ0v) is 12.0. The summed E-state index contributed by atoms with van der Waals surface area (Å²) in [5.74, 6) is 0.455. The summed E-state index contributed by atoms with van der Waals surface area (Å²) < 4.78 is 0. The van der Waals surface area contributed by atoms with Crippen LogP contribution in [-0.4, -0.2) is 6.04 Å². The van der Waals surface area contributed by atoms with Crippen LogP contribution in [0.1, 0.15) is 55.4 Å². The predicted octanol–water partition coefficient (Wildman–Crippen LogP) is 4.54. The van der Waals surface area contributed by atoms with Gasteiger partial charge in [-0.3, -0.25) is 0 Å². The second-order valence-corrected chi connectivity index (χ2v) is 2.94. The molecule has 0 aromatic heterocycles.